The second-order valence-electron chi connectivity index (χ2n) is 7.41. The van der Waals surface area contributed by atoms with Gasteiger partial charge in [0.05, 0.1) is 6.20 Å². The number of hydrogen-bond donors (Lipinski definition) is 0. The first-order chi connectivity index (χ1) is 13.6. The van der Waals surface area contributed by atoms with Gasteiger partial charge in [-0.3, -0.25) is 14.3 Å². The van der Waals surface area contributed by atoms with Crippen molar-refractivity contribution in [2.24, 2.45) is 0 Å². The van der Waals surface area contributed by atoms with E-state index in [2.05, 4.69) is 34.9 Å². The molecule has 1 fully saturated rings. The van der Waals surface area contributed by atoms with Crippen LogP contribution in [0.15, 0.2) is 49.2 Å². The molecule has 7 nitrogen and oxygen atoms in total. The molecular weight excluding hydrogens is 352 g/mol. The van der Waals surface area contributed by atoms with E-state index in [-0.39, 0.29) is 11.8 Å². The van der Waals surface area contributed by atoms with Crippen molar-refractivity contribution in [3.05, 3.63) is 66.4 Å². The Hall–Kier alpha value is -3.09. The van der Waals surface area contributed by atoms with Crippen molar-refractivity contribution in [3.8, 4) is 5.82 Å². The van der Waals surface area contributed by atoms with Crippen LogP contribution >= 0.6 is 0 Å². The van der Waals surface area contributed by atoms with E-state index in [9.17, 15) is 4.79 Å². The topological polar surface area (TPSA) is 76.8 Å². The zero-order chi connectivity index (χ0) is 19.5. The molecule has 1 saturated heterocycles. The van der Waals surface area contributed by atoms with E-state index in [1.54, 1.807) is 12.4 Å². The zero-order valence-electron chi connectivity index (χ0n) is 16.2. The third-order valence-corrected chi connectivity index (χ3v) is 5.10. The van der Waals surface area contributed by atoms with E-state index in [0.29, 0.717) is 18.2 Å². The second-order valence-corrected chi connectivity index (χ2v) is 7.41. The van der Waals surface area contributed by atoms with Crippen molar-refractivity contribution in [1.82, 2.24) is 29.4 Å². The SMILES string of the molecule is CC(C)c1nccn1-c1cccc(C2CCCN(C(=O)c3cnccn3)C2)n1. The molecule has 0 radical (unpaired) electrons. The summed E-state index contributed by atoms with van der Waals surface area (Å²) in [5.74, 6) is 2.32. The van der Waals surface area contributed by atoms with Crippen LogP contribution in [0.5, 0.6) is 0 Å². The maximum absolute atomic E-state index is 12.7. The molecule has 144 valence electrons. The average Bonchev–Trinajstić information content (AvgIpc) is 3.24. The first-order valence-electron chi connectivity index (χ1n) is 9.69. The number of piperidine rings is 1. The lowest BCUT2D eigenvalue weighted by Crippen LogP contribution is -2.39. The second kappa shape index (κ2) is 7.88. The van der Waals surface area contributed by atoms with E-state index >= 15 is 0 Å². The number of pyridine rings is 1. The maximum Gasteiger partial charge on any atom is 0.274 e. The summed E-state index contributed by atoms with van der Waals surface area (Å²) in [4.78, 5) is 32.1. The van der Waals surface area contributed by atoms with Gasteiger partial charge in [-0.05, 0) is 25.0 Å². The van der Waals surface area contributed by atoms with Gasteiger partial charge in [-0.2, -0.15) is 0 Å². The van der Waals surface area contributed by atoms with Crippen molar-refractivity contribution in [1.29, 1.82) is 0 Å². The highest BCUT2D eigenvalue weighted by atomic mass is 16.2. The summed E-state index contributed by atoms with van der Waals surface area (Å²) < 4.78 is 2.04. The molecule has 28 heavy (non-hydrogen) atoms. The first kappa shape index (κ1) is 18.3. The number of likely N-dealkylation sites (tertiary alicyclic amines) is 1. The van der Waals surface area contributed by atoms with Crippen LogP contribution in [0.1, 0.15) is 60.5 Å². The summed E-state index contributed by atoms with van der Waals surface area (Å²) in [7, 11) is 0. The minimum absolute atomic E-state index is 0.0642. The van der Waals surface area contributed by atoms with E-state index in [1.807, 2.05) is 34.0 Å². The molecule has 3 aromatic rings. The molecule has 7 heteroatoms. The summed E-state index contributed by atoms with van der Waals surface area (Å²) in [6.07, 6.45) is 10.4. The fraction of sp³-hybridized carbons (Fsp3) is 0.381. The smallest absolute Gasteiger partial charge is 0.274 e. The molecule has 1 atom stereocenters. The summed E-state index contributed by atoms with van der Waals surface area (Å²) in [6.45, 7) is 5.64. The maximum atomic E-state index is 12.7. The summed E-state index contributed by atoms with van der Waals surface area (Å²) in [6, 6.07) is 6.09. The molecule has 4 rings (SSSR count). The molecular formula is C21H24N6O. The van der Waals surface area contributed by atoms with Gasteiger partial charge in [0.2, 0.25) is 0 Å². The van der Waals surface area contributed by atoms with Crippen LogP contribution in [-0.2, 0) is 0 Å². The van der Waals surface area contributed by atoms with Crippen LogP contribution in [0.4, 0.5) is 0 Å². The van der Waals surface area contributed by atoms with Crippen LogP contribution in [0.25, 0.3) is 5.82 Å². The lowest BCUT2D eigenvalue weighted by molar-refractivity contribution is 0.0699. The Morgan fingerprint density at radius 2 is 2.07 bits per heavy atom. The van der Waals surface area contributed by atoms with Crippen molar-refractivity contribution < 1.29 is 4.79 Å². The molecule has 0 saturated carbocycles. The van der Waals surface area contributed by atoms with Crippen LogP contribution < -0.4 is 0 Å². The predicted molar refractivity (Wildman–Crippen MR) is 105 cm³/mol. The average molecular weight is 376 g/mol. The van der Waals surface area contributed by atoms with Gasteiger partial charge in [0.1, 0.15) is 17.3 Å². The molecule has 0 N–H and O–H groups in total. The number of nitrogens with zero attached hydrogens (tertiary/aromatic N) is 6. The predicted octanol–water partition coefficient (Wildman–Crippen LogP) is 3.20. The van der Waals surface area contributed by atoms with Gasteiger partial charge in [0, 0.05) is 55.4 Å². The van der Waals surface area contributed by atoms with Crippen LogP contribution in [-0.4, -0.2) is 48.4 Å². The lowest BCUT2D eigenvalue weighted by atomic mass is 9.94. The van der Waals surface area contributed by atoms with Crippen LogP contribution in [0.2, 0.25) is 0 Å². The van der Waals surface area contributed by atoms with Gasteiger partial charge in [0.15, 0.2) is 0 Å². The Kier molecular flexibility index (Phi) is 5.14. The van der Waals surface area contributed by atoms with Gasteiger partial charge in [0.25, 0.3) is 5.91 Å². The van der Waals surface area contributed by atoms with Crippen molar-refractivity contribution in [3.63, 3.8) is 0 Å². The largest absolute Gasteiger partial charge is 0.337 e. The van der Waals surface area contributed by atoms with Crippen molar-refractivity contribution in [2.45, 2.75) is 38.5 Å². The molecule has 0 bridgehead atoms. The molecule has 4 heterocycles. The Morgan fingerprint density at radius 1 is 1.18 bits per heavy atom. The number of amides is 1. The van der Waals surface area contributed by atoms with Gasteiger partial charge in [-0.25, -0.2) is 15.0 Å². The highest BCUT2D eigenvalue weighted by Gasteiger charge is 2.27. The highest BCUT2D eigenvalue weighted by molar-refractivity contribution is 5.92. The molecule has 0 spiro atoms. The Balaban J connectivity index is 1.56. The van der Waals surface area contributed by atoms with Crippen LogP contribution in [0, 0.1) is 0 Å². The number of carbonyl (C=O) groups is 1. The Bertz CT molecular complexity index is 952. The van der Waals surface area contributed by atoms with E-state index < -0.39 is 0 Å². The molecule has 1 aliphatic heterocycles. The third kappa shape index (κ3) is 3.65. The number of aromatic nitrogens is 5. The Morgan fingerprint density at radius 3 is 2.86 bits per heavy atom. The monoisotopic (exact) mass is 376 g/mol. The summed E-state index contributed by atoms with van der Waals surface area (Å²) in [5, 5.41) is 0. The van der Waals surface area contributed by atoms with Gasteiger partial charge in [-0.15, -0.1) is 0 Å². The van der Waals surface area contributed by atoms with Crippen molar-refractivity contribution in [2.75, 3.05) is 13.1 Å². The standard InChI is InChI=1S/C21H24N6O/c1-15(2)20-24-10-12-27(20)19-7-3-6-17(25-19)16-5-4-11-26(14-16)21(28)18-13-22-8-9-23-18/h3,6-10,12-13,15-16H,4-5,11,14H2,1-2H3. The van der Waals surface area contributed by atoms with Gasteiger partial charge >= 0.3 is 0 Å². The number of rotatable bonds is 4. The fourth-order valence-electron chi connectivity index (χ4n) is 3.71. The number of imidazole rings is 1. The molecule has 1 amide bonds. The molecule has 1 aliphatic rings. The highest BCUT2D eigenvalue weighted by Crippen LogP contribution is 2.27. The molecule has 0 aliphatic carbocycles. The van der Waals surface area contributed by atoms with Gasteiger partial charge in [-0.1, -0.05) is 19.9 Å². The third-order valence-electron chi connectivity index (χ3n) is 5.10. The minimum Gasteiger partial charge on any atom is -0.337 e. The number of carbonyl (C=O) groups excluding carboxylic acids is 1. The number of hydrogen-bond acceptors (Lipinski definition) is 5. The lowest BCUT2D eigenvalue weighted by Gasteiger charge is -2.32. The first-order valence-corrected chi connectivity index (χ1v) is 9.69. The van der Waals surface area contributed by atoms with E-state index in [4.69, 9.17) is 4.98 Å². The van der Waals surface area contributed by atoms with E-state index in [1.165, 1.54) is 6.20 Å². The molecule has 3 aromatic heterocycles. The Labute approximate surface area is 164 Å². The quantitative estimate of drug-likeness (QED) is 0.699. The summed E-state index contributed by atoms with van der Waals surface area (Å²) >= 11 is 0. The molecule has 0 aromatic carbocycles. The van der Waals surface area contributed by atoms with Crippen LogP contribution in [0.3, 0.4) is 0 Å². The summed E-state index contributed by atoms with van der Waals surface area (Å²) in [5.41, 5.74) is 1.41. The van der Waals surface area contributed by atoms with E-state index in [0.717, 1.165) is 36.7 Å². The minimum atomic E-state index is -0.0642. The molecule has 1 unspecified atom stereocenters. The van der Waals surface area contributed by atoms with Crippen molar-refractivity contribution >= 4 is 5.91 Å². The van der Waals surface area contributed by atoms with Gasteiger partial charge < -0.3 is 4.90 Å². The zero-order valence-corrected chi connectivity index (χ0v) is 16.2. The normalized spacial score (nSPS) is 17.1. The fourth-order valence-corrected chi connectivity index (χ4v) is 3.71.